The Balaban J connectivity index is 1.41. The minimum atomic E-state index is -2.12. The van der Waals surface area contributed by atoms with Crippen molar-refractivity contribution < 1.29 is 67.2 Å². The fourth-order valence-electron chi connectivity index (χ4n) is 12.2. The topological polar surface area (TPSA) is 175 Å². The normalized spacial score (nSPS) is 56.2. The van der Waals surface area contributed by atoms with E-state index in [0.29, 0.717) is 0 Å². The molecule has 3 saturated carbocycles. The van der Waals surface area contributed by atoms with Crippen LogP contribution in [0.25, 0.3) is 0 Å². The van der Waals surface area contributed by atoms with Crippen LogP contribution in [0.4, 0.5) is 0 Å². The molecule has 0 aromatic rings. The lowest BCUT2D eigenvalue weighted by Crippen LogP contribution is -2.78. The van der Waals surface area contributed by atoms with Gasteiger partial charge in [0.25, 0.3) is 5.79 Å². The van der Waals surface area contributed by atoms with Crippen LogP contribution < -0.4 is 0 Å². The van der Waals surface area contributed by atoms with Crippen LogP contribution in [0.3, 0.4) is 0 Å². The quantitative estimate of drug-likeness (QED) is 0.239. The molecule has 3 aliphatic carbocycles. The van der Waals surface area contributed by atoms with Gasteiger partial charge in [0, 0.05) is 60.0 Å². The lowest BCUT2D eigenvalue weighted by Gasteiger charge is -2.66. The van der Waals surface area contributed by atoms with Crippen molar-refractivity contribution in [2.75, 3.05) is 27.4 Å². The molecule has 0 aromatic heterocycles. The molecule has 48 heavy (non-hydrogen) atoms. The van der Waals surface area contributed by atoms with E-state index in [1.54, 1.807) is 6.92 Å². The monoisotopic (exact) mass is 676 g/mol. The maximum Gasteiger partial charge on any atom is 0.366 e. The first-order valence-corrected chi connectivity index (χ1v) is 16.5. The summed E-state index contributed by atoms with van der Waals surface area (Å²) in [4.78, 5) is 40.1. The summed E-state index contributed by atoms with van der Waals surface area (Å²) < 4.78 is 56.2. The molecular formula is C34H44O14. The first-order valence-electron chi connectivity index (χ1n) is 16.5. The van der Waals surface area contributed by atoms with Crippen LogP contribution in [-0.2, 0) is 57.0 Å². The highest BCUT2D eigenvalue weighted by Gasteiger charge is 2.94. The number of hydrogen-bond donors (Lipinski definition) is 2. The zero-order valence-corrected chi connectivity index (χ0v) is 28.2. The van der Waals surface area contributed by atoms with Gasteiger partial charge in [-0.15, -0.1) is 0 Å². The molecule has 8 aliphatic rings. The Kier molecular flexibility index (Phi) is 6.52. The van der Waals surface area contributed by atoms with Crippen molar-refractivity contribution in [3.8, 4) is 0 Å². The van der Waals surface area contributed by atoms with Gasteiger partial charge in [-0.25, -0.2) is 9.59 Å². The maximum absolute atomic E-state index is 14.1. The van der Waals surface area contributed by atoms with Gasteiger partial charge in [-0.1, -0.05) is 20.4 Å². The number of aliphatic hydroxyl groups is 2. The Morgan fingerprint density at radius 2 is 1.73 bits per heavy atom. The molecule has 7 fully saturated rings. The van der Waals surface area contributed by atoms with Gasteiger partial charge in [-0.2, -0.15) is 0 Å². The lowest BCUT2D eigenvalue weighted by molar-refractivity contribution is -0.318. The van der Waals surface area contributed by atoms with Crippen LogP contribution in [0.5, 0.6) is 0 Å². The van der Waals surface area contributed by atoms with E-state index >= 15 is 0 Å². The lowest BCUT2D eigenvalue weighted by atomic mass is 9.37. The summed E-state index contributed by atoms with van der Waals surface area (Å²) in [6, 6.07) is 0. The summed E-state index contributed by atoms with van der Waals surface area (Å²) in [5, 5.41) is 25.6. The minimum Gasteiger partial charge on any atom is -0.469 e. The van der Waals surface area contributed by atoms with E-state index in [2.05, 4.69) is 6.58 Å². The molecule has 14 heteroatoms. The van der Waals surface area contributed by atoms with E-state index in [9.17, 15) is 24.6 Å². The van der Waals surface area contributed by atoms with Gasteiger partial charge < -0.3 is 52.8 Å². The molecule has 5 heterocycles. The number of hydrogen-bond acceptors (Lipinski definition) is 14. The highest BCUT2D eigenvalue weighted by Crippen LogP contribution is 2.81. The van der Waals surface area contributed by atoms with E-state index in [0.717, 1.165) is 0 Å². The molecule has 0 radical (unpaired) electrons. The van der Waals surface area contributed by atoms with Crippen LogP contribution in [-0.4, -0.2) is 115 Å². The average Bonchev–Trinajstić information content (AvgIpc) is 3.78. The summed E-state index contributed by atoms with van der Waals surface area (Å²) in [5.74, 6) is -6.61. The SMILES string of the molecule is C=C(C)C(=O)O[C@H]1C[C@@H](OC(C)=O)[C@@]2(C)CO[C@H]3[C@H]4O[C@]5(C)[C@H]6C[C@H](O[C@@H]7OC=C[C@@]76O)[C@]5(O)[C@@]4(C)[C@@H]4[C@@](OC)(C(=O)OC)OC[C@@]14[C@@H]32. The van der Waals surface area contributed by atoms with E-state index < -0.39 is 111 Å². The molecule has 2 bridgehead atoms. The van der Waals surface area contributed by atoms with Crippen molar-refractivity contribution in [2.45, 2.75) is 107 Å². The van der Waals surface area contributed by atoms with E-state index in [-0.39, 0.29) is 31.6 Å². The molecule has 4 saturated heterocycles. The second kappa shape index (κ2) is 9.59. The first-order chi connectivity index (χ1) is 22.5. The molecular weight excluding hydrogens is 632 g/mol. The third kappa shape index (κ3) is 3.23. The zero-order chi connectivity index (χ0) is 34.6. The van der Waals surface area contributed by atoms with Gasteiger partial charge in [-0.05, 0) is 26.3 Å². The van der Waals surface area contributed by atoms with Gasteiger partial charge in [0.2, 0.25) is 6.29 Å². The third-order valence-electron chi connectivity index (χ3n) is 13.9. The van der Waals surface area contributed by atoms with Crippen molar-refractivity contribution >= 4 is 17.9 Å². The van der Waals surface area contributed by atoms with Gasteiger partial charge >= 0.3 is 17.9 Å². The molecule has 16 atom stereocenters. The number of esters is 3. The van der Waals surface area contributed by atoms with Crippen LogP contribution in [0, 0.1) is 34.0 Å². The summed E-state index contributed by atoms with van der Waals surface area (Å²) in [6.45, 7) is 12.1. The second-order valence-corrected chi connectivity index (χ2v) is 15.7. The van der Waals surface area contributed by atoms with E-state index in [1.807, 2.05) is 13.8 Å². The van der Waals surface area contributed by atoms with Gasteiger partial charge in [0.05, 0.1) is 44.9 Å². The molecule has 14 nitrogen and oxygen atoms in total. The van der Waals surface area contributed by atoms with Crippen molar-refractivity contribution in [3.05, 3.63) is 24.5 Å². The van der Waals surface area contributed by atoms with Gasteiger partial charge in [0.15, 0.2) is 5.60 Å². The fourth-order valence-corrected chi connectivity index (χ4v) is 12.2. The Morgan fingerprint density at radius 3 is 2.38 bits per heavy atom. The minimum absolute atomic E-state index is 0.0445. The highest BCUT2D eigenvalue weighted by molar-refractivity contribution is 5.87. The van der Waals surface area contributed by atoms with E-state index in [4.69, 9.17) is 42.6 Å². The molecule has 0 amide bonds. The molecule has 8 rings (SSSR count). The summed E-state index contributed by atoms with van der Waals surface area (Å²) in [6.07, 6.45) is -2.37. The van der Waals surface area contributed by atoms with Crippen LogP contribution >= 0.6 is 0 Å². The zero-order valence-electron chi connectivity index (χ0n) is 28.2. The largest absolute Gasteiger partial charge is 0.469 e. The molecule has 1 spiro atoms. The number of ether oxygens (including phenoxy) is 9. The third-order valence-corrected chi connectivity index (χ3v) is 13.9. The van der Waals surface area contributed by atoms with E-state index in [1.165, 1.54) is 40.4 Å². The van der Waals surface area contributed by atoms with Crippen molar-refractivity contribution in [2.24, 2.45) is 34.0 Å². The van der Waals surface area contributed by atoms with Gasteiger partial charge in [-0.3, -0.25) is 4.79 Å². The molecule has 0 aromatic carbocycles. The number of carbonyl (C=O) groups is 3. The summed E-state index contributed by atoms with van der Waals surface area (Å²) in [5.41, 5.74) is -8.56. The Hall–Kier alpha value is -2.59. The predicted molar refractivity (Wildman–Crippen MR) is 158 cm³/mol. The Labute approximate surface area is 277 Å². The molecule has 264 valence electrons. The first kappa shape index (κ1) is 32.6. The Morgan fingerprint density at radius 1 is 1.00 bits per heavy atom. The van der Waals surface area contributed by atoms with Gasteiger partial charge in [0.1, 0.15) is 23.4 Å². The standard InChI is InChI=1S/C34H44O14/c1-15(2)24(36)46-19-12-18(45-16(3)35)28(4)13-43-21-22(28)31(19)14-44-33(41-8,26(37)40-7)25(31)29(5)23(21)48-30(6)17-11-20(34(29,30)39)47-27-32(17,38)9-10-42-27/h9-10,17-23,25,27,38-39H,1,11-14H2,2-8H3/t17-,18-,19+,20+,21-,22+,23-,25+,27+,28-,29-,30-,31+,32+,33+,34+/m1/s1. The maximum atomic E-state index is 14.1. The highest BCUT2D eigenvalue weighted by atomic mass is 16.7. The predicted octanol–water partition coefficient (Wildman–Crippen LogP) is 0.908. The molecule has 2 N–H and O–H groups in total. The van der Waals surface area contributed by atoms with Crippen molar-refractivity contribution in [1.29, 1.82) is 0 Å². The summed E-state index contributed by atoms with van der Waals surface area (Å²) in [7, 11) is 2.55. The fraction of sp³-hybridized carbons (Fsp3) is 0.794. The number of rotatable bonds is 5. The van der Waals surface area contributed by atoms with Crippen molar-refractivity contribution in [3.63, 3.8) is 0 Å². The average molecular weight is 677 g/mol. The number of methoxy groups -OCH3 is 2. The molecule has 0 unspecified atom stereocenters. The van der Waals surface area contributed by atoms with Crippen LogP contribution in [0.15, 0.2) is 24.5 Å². The Bertz CT molecular complexity index is 1530. The van der Waals surface area contributed by atoms with Crippen LogP contribution in [0.2, 0.25) is 0 Å². The van der Waals surface area contributed by atoms with Crippen LogP contribution in [0.1, 0.15) is 47.5 Å². The number of carbonyl (C=O) groups excluding carboxylic acids is 3. The number of fused-ring (bicyclic) bond motifs is 11. The second-order valence-electron chi connectivity index (χ2n) is 15.7. The summed E-state index contributed by atoms with van der Waals surface area (Å²) >= 11 is 0. The smallest absolute Gasteiger partial charge is 0.366 e. The molecule has 5 aliphatic heterocycles. The van der Waals surface area contributed by atoms with Crippen molar-refractivity contribution in [1.82, 2.24) is 0 Å².